The molecule has 1 fully saturated rings. The number of ether oxygens (including phenoxy) is 1. The molecular weight excluding hydrogens is 455 g/mol. The van der Waals surface area contributed by atoms with Crippen LogP contribution >= 0.6 is 27.5 Å². The number of amides is 2. The van der Waals surface area contributed by atoms with E-state index >= 15 is 0 Å². The number of nitrogens with one attached hydrogen (secondary N) is 1. The Kier molecular flexibility index (Phi) is 6.31. The van der Waals surface area contributed by atoms with E-state index in [1.54, 1.807) is 18.2 Å². The Hall–Kier alpha value is -2.45. The van der Waals surface area contributed by atoms with Gasteiger partial charge in [0.25, 0.3) is 5.91 Å². The molecule has 1 aliphatic rings. The molecule has 1 aliphatic heterocycles. The SMILES string of the molecule is O=C(COC(=O)[C@H]1CC(=O)N(c2ccc(F)cc2)C1)Nc1ccc(Br)c(Cl)c1. The first kappa shape index (κ1) is 20.3. The lowest BCUT2D eigenvalue weighted by Gasteiger charge is -2.16. The molecule has 0 aliphatic carbocycles. The van der Waals surface area contributed by atoms with Crippen LogP contribution in [0.5, 0.6) is 0 Å². The van der Waals surface area contributed by atoms with Crippen LogP contribution in [0.3, 0.4) is 0 Å². The highest BCUT2D eigenvalue weighted by Crippen LogP contribution is 2.27. The van der Waals surface area contributed by atoms with E-state index in [1.165, 1.54) is 29.2 Å². The second-order valence-electron chi connectivity index (χ2n) is 6.17. The van der Waals surface area contributed by atoms with Gasteiger partial charge in [-0.1, -0.05) is 11.6 Å². The Morgan fingerprint density at radius 3 is 2.64 bits per heavy atom. The van der Waals surface area contributed by atoms with E-state index < -0.39 is 30.2 Å². The van der Waals surface area contributed by atoms with Gasteiger partial charge < -0.3 is 15.0 Å². The molecule has 28 heavy (non-hydrogen) atoms. The summed E-state index contributed by atoms with van der Waals surface area (Å²) in [5.41, 5.74) is 0.972. The molecule has 0 aromatic heterocycles. The van der Waals surface area contributed by atoms with Crippen LogP contribution in [-0.2, 0) is 19.1 Å². The van der Waals surface area contributed by atoms with Crippen LogP contribution in [0.4, 0.5) is 15.8 Å². The Morgan fingerprint density at radius 1 is 1.25 bits per heavy atom. The second-order valence-corrected chi connectivity index (χ2v) is 7.43. The first-order valence-electron chi connectivity index (χ1n) is 8.31. The van der Waals surface area contributed by atoms with Gasteiger partial charge in [0.15, 0.2) is 6.61 Å². The van der Waals surface area contributed by atoms with Crippen molar-refractivity contribution in [3.05, 3.63) is 57.8 Å². The maximum atomic E-state index is 13.0. The summed E-state index contributed by atoms with van der Waals surface area (Å²) in [6.07, 6.45) is -0.0276. The third-order valence-electron chi connectivity index (χ3n) is 4.15. The first-order valence-corrected chi connectivity index (χ1v) is 9.48. The summed E-state index contributed by atoms with van der Waals surface area (Å²) in [6.45, 7) is -0.360. The zero-order chi connectivity index (χ0) is 20.3. The van der Waals surface area contributed by atoms with Crippen LogP contribution in [-0.4, -0.2) is 30.9 Å². The largest absolute Gasteiger partial charge is 0.455 e. The summed E-state index contributed by atoms with van der Waals surface area (Å²) in [5, 5.41) is 3.00. The fourth-order valence-corrected chi connectivity index (χ4v) is 3.19. The predicted octanol–water partition coefficient (Wildman–Crippen LogP) is 3.78. The van der Waals surface area contributed by atoms with Gasteiger partial charge in [-0.2, -0.15) is 0 Å². The fraction of sp³-hybridized carbons (Fsp3) is 0.211. The summed E-state index contributed by atoms with van der Waals surface area (Å²) in [4.78, 5) is 37.7. The van der Waals surface area contributed by atoms with Crippen molar-refractivity contribution in [1.82, 2.24) is 0 Å². The lowest BCUT2D eigenvalue weighted by atomic mass is 10.1. The quantitative estimate of drug-likeness (QED) is 0.676. The smallest absolute Gasteiger partial charge is 0.311 e. The summed E-state index contributed by atoms with van der Waals surface area (Å²) in [5.74, 6) is -2.52. The highest BCUT2D eigenvalue weighted by atomic mass is 79.9. The van der Waals surface area contributed by atoms with Gasteiger partial charge in [-0.25, -0.2) is 4.39 Å². The molecule has 0 spiro atoms. The summed E-state index contributed by atoms with van der Waals surface area (Å²) in [6, 6.07) is 10.3. The van der Waals surface area contributed by atoms with E-state index in [0.29, 0.717) is 20.9 Å². The Labute approximate surface area is 173 Å². The van der Waals surface area contributed by atoms with Crippen LogP contribution in [0.1, 0.15) is 6.42 Å². The topological polar surface area (TPSA) is 75.7 Å². The molecule has 0 saturated carbocycles. The average molecular weight is 470 g/mol. The van der Waals surface area contributed by atoms with Gasteiger partial charge >= 0.3 is 5.97 Å². The van der Waals surface area contributed by atoms with E-state index in [2.05, 4.69) is 21.2 Å². The maximum absolute atomic E-state index is 13.0. The number of rotatable bonds is 5. The van der Waals surface area contributed by atoms with Crippen molar-refractivity contribution in [2.75, 3.05) is 23.4 Å². The molecule has 2 amide bonds. The minimum Gasteiger partial charge on any atom is -0.455 e. The number of anilines is 2. The van der Waals surface area contributed by atoms with Crippen LogP contribution in [0.15, 0.2) is 46.9 Å². The number of nitrogens with zero attached hydrogens (tertiary/aromatic N) is 1. The summed E-state index contributed by atoms with van der Waals surface area (Å²) >= 11 is 9.21. The molecule has 6 nitrogen and oxygen atoms in total. The van der Waals surface area contributed by atoms with E-state index in [9.17, 15) is 18.8 Å². The number of hydrogen-bond donors (Lipinski definition) is 1. The number of hydrogen-bond acceptors (Lipinski definition) is 4. The minimum atomic E-state index is -0.688. The van der Waals surface area contributed by atoms with Crippen LogP contribution < -0.4 is 10.2 Å². The van der Waals surface area contributed by atoms with Crippen molar-refractivity contribution in [3.8, 4) is 0 Å². The maximum Gasteiger partial charge on any atom is 0.311 e. The normalized spacial score (nSPS) is 16.2. The molecule has 1 N–H and O–H groups in total. The van der Waals surface area contributed by atoms with Gasteiger partial charge in [-0.3, -0.25) is 14.4 Å². The molecule has 1 atom stereocenters. The van der Waals surface area contributed by atoms with Gasteiger partial charge in [-0.05, 0) is 58.4 Å². The molecule has 0 radical (unpaired) electrons. The molecule has 2 aromatic carbocycles. The van der Waals surface area contributed by atoms with E-state index in [0.717, 1.165) is 0 Å². The number of benzene rings is 2. The number of carbonyl (C=O) groups is 3. The lowest BCUT2D eigenvalue weighted by Crippen LogP contribution is -2.28. The molecule has 9 heteroatoms. The van der Waals surface area contributed by atoms with E-state index in [4.69, 9.17) is 16.3 Å². The Morgan fingerprint density at radius 2 is 1.96 bits per heavy atom. The van der Waals surface area contributed by atoms with Crippen molar-refractivity contribution in [1.29, 1.82) is 0 Å². The van der Waals surface area contributed by atoms with Crippen molar-refractivity contribution in [2.45, 2.75) is 6.42 Å². The van der Waals surface area contributed by atoms with Crippen molar-refractivity contribution >= 4 is 56.7 Å². The molecule has 0 bridgehead atoms. The van der Waals surface area contributed by atoms with Crippen molar-refractivity contribution in [3.63, 3.8) is 0 Å². The summed E-state index contributed by atoms with van der Waals surface area (Å²) in [7, 11) is 0. The number of carbonyl (C=O) groups excluding carboxylic acids is 3. The third kappa shape index (κ3) is 4.88. The minimum absolute atomic E-state index is 0.0276. The molecule has 1 saturated heterocycles. The zero-order valence-corrected chi connectivity index (χ0v) is 16.8. The molecule has 1 heterocycles. The fourth-order valence-electron chi connectivity index (χ4n) is 2.76. The van der Waals surface area contributed by atoms with Gasteiger partial charge in [-0.15, -0.1) is 0 Å². The average Bonchev–Trinajstić information content (AvgIpc) is 3.05. The van der Waals surface area contributed by atoms with Crippen molar-refractivity contribution < 1.29 is 23.5 Å². The van der Waals surface area contributed by atoms with Gasteiger partial charge in [0.2, 0.25) is 5.91 Å². The molecule has 2 aromatic rings. The van der Waals surface area contributed by atoms with Crippen molar-refractivity contribution in [2.24, 2.45) is 5.92 Å². The van der Waals surface area contributed by atoms with Crippen LogP contribution in [0.25, 0.3) is 0 Å². The van der Waals surface area contributed by atoms with Crippen LogP contribution in [0, 0.1) is 11.7 Å². The molecular formula is C19H15BrClFN2O4. The molecule has 146 valence electrons. The number of esters is 1. The third-order valence-corrected chi connectivity index (χ3v) is 5.38. The molecule has 0 unspecified atom stereocenters. The first-order chi connectivity index (χ1) is 13.3. The predicted molar refractivity (Wildman–Crippen MR) is 106 cm³/mol. The Balaban J connectivity index is 1.52. The number of halogens is 3. The van der Waals surface area contributed by atoms with Gasteiger partial charge in [0.05, 0.1) is 10.9 Å². The van der Waals surface area contributed by atoms with Crippen LogP contribution in [0.2, 0.25) is 5.02 Å². The Bertz CT molecular complexity index is 923. The highest BCUT2D eigenvalue weighted by molar-refractivity contribution is 9.10. The van der Waals surface area contributed by atoms with Gasteiger partial charge in [0, 0.05) is 28.8 Å². The van der Waals surface area contributed by atoms with E-state index in [1.807, 2.05) is 0 Å². The lowest BCUT2D eigenvalue weighted by molar-refractivity contribution is -0.151. The second kappa shape index (κ2) is 8.70. The summed E-state index contributed by atoms with van der Waals surface area (Å²) < 4.78 is 18.7. The molecule has 3 rings (SSSR count). The highest BCUT2D eigenvalue weighted by Gasteiger charge is 2.36. The standard InChI is InChI=1S/C19H15BrClFN2O4/c20-15-6-3-13(8-16(15)21)23-17(25)10-28-19(27)11-7-18(26)24(9-11)14-4-1-12(22)2-5-14/h1-6,8,11H,7,9-10H2,(H,23,25)/t11-/m0/s1. The monoisotopic (exact) mass is 468 g/mol. The van der Waals surface area contributed by atoms with E-state index in [-0.39, 0.29) is 18.9 Å². The zero-order valence-electron chi connectivity index (χ0n) is 14.5. The van der Waals surface area contributed by atoms with Gasteiger partial charge in [0.1, 0.15) is 5.82 Å².